The number of methoxy groups -OCH3 is 2. The smallest absolute Gasteiger partial charge is 0.254 e. The molecule has 1 aromatic rings. The molecule has 1 aliphatic carbocycles. The molecule has 0 radical (unpaired) electrons. The van der Waals surface area contributed by atoms with E-state index in [1.807, 2.05) is 4.90 Å². The molecule has 0 aromatic heterocycles. The number of aliphatic hydroxyl groups is 1. The third kappa shape index (κ3) is 5.21. The van der Waals surface area contributed by atoms with Crippen molar-refractivity contribution >= 4 is 5.91 Å². The van der Waals surface area contributed by atoms with Gasteiger partial charge in [0.15, 0.2) is 0 Å². The fraction of sp³-hybridized carbons (Fsp3) is 0.720. The topological polar surface area (TPSA) is 71.5 Å². The van der Waals surface area contributed by atoms with Crippen molar-refractivity contribution in [1.29, 1.82) is 0 Å². The van der Waals surface area contributed by atoms with Crippen LogP contribution >= 0.6 is 0 Å². The van der Waals surface area contributed by atoms with Crippen LogP contribution in [0.1, 0.15) is 55.3 Å². The van der Waals surface area contributed by atoms with Gasteiger partial charge in [-0.1, -0.05) is 0 Å². The summed E-state index contributed by atoms with van der Waals surface area (Å²) in [5.74, 6) is 1.29. The molecule has 0 bridgehead atoms. The molecule has 1 N–H and O–H groups in total. The first-order valence-corrected chi connectivity index (χ1v) is 11.9. The van der Waals surface area contributed by atoms with Crippen LogP contribution in [0, 0.1) is 5.41 Å². The Morgan fingerprint density at radius 1 is 1.12 bits per heavy atom. The highest BCUT2D eigenvalue weighted by Crippen LogP contribution is 2.42. The van der Waals surface area contributed by atoms with Gasteiger partial charge in [-0.2, -0.15) is 0 Å². The molecule has 1 aromatic carbocycles. The average molecular weight is 447 g/mol. The first kappa shape index (κ1) is 23.3. The lowest BCUT2D eigenvalue weighted by Crippen LogP contribution is -2.44. The first-order chi connectivity index (χ1) is 15.4. The molecule has 2 aliphatic heterocycles. The van der Waals surface area contributed by atoms with Gasteiger partial charge in [-0.15, -0.1) is 0 Å². The number of carbonyl (C=O) groups excluding carboxylic acids is 1. The monoisotopic (exact) mass is 446 g/mol. The Kier molecular flexibility index (Phi) is 7.27. The van der Waals surface area contributed by atoms with Crippen LogP contribution in [0.5, 0.6) is 11.5 Å². The van der Waals surface area contributed by atoms with Gasteiger partial charge < -0.3 is 29.1 Å². The molecule has 2 heterocycles. The lowest BCUT2D eigenvalue weighted by atomic mass is 9.76. The van der Waals surface area contributed by atoms with Crippen LogP contribution in [0.3, 0.4) is 0 Å². The molecule has 3 aliphatic rings. The predicted octanol–water partition coefficient (Wildman–Crippen LogP) is 2.95. The molecular formula is C25H38N2O5. The van der Waals surface area contributed by atoms with Crippen LogP contribution < -0.4 is 9.47 Å². The number of ether oxygens (including phenoxy) is 3. The van der Waals surface area contributed by atoms with E-state index in [-0.39, 0.29) is 23.5 Å². The summed E-state index contributed by atoms with van der Waals surface area (Å²) < 4.78 is 16.9. The number of hydrogen-bond donors (Lipinski definition) is 1. The Labute approximate surface area is 191 Å². The van der Waals surface area contributed by atoms with Crippen molar-refractivity contribution in [1.82, 2.24) is 9.80 Å². The van der Waals surface area contributed by atoms with Gasteiger partial charge in [-0.05, 0) is 69.5 Å². The SMILES string of the molecule is COc1cc(OC)cc(C(=O)N2CCC3(CC2)CO[C@@H](CN(C)C2CCC(O)CC2)C3)c1. The van der Waals surface area contributed by atoms with Crippen molar-refractivity contribution in [2.45, 2.75) is 63.2 Å². The van der Waals surface area contributed by atoms with Gasteiger partial charge in [-0.3, -0.25) is 4.79 Å². The minimum atomic E-state index is -0.114. The molecule has 1 spiro atoms. The van der Waals surface area contributed by atoms with Gasteiger partial charge in [0.2, 0.25) is 0 Å². The number of amides is 1. The standard InChI is InChI=1S/C25H38N2O5/c1-26(19-4-6-20(28)7-5-19)16-23-15-25(17-32-23)8-10-27(11-9-25)24(29)18-12-21(30-2)14-22(13-18)31-3/h12-14,19-20,23,28H,4-11,15-17H2,1-3H3/t19?,20?,23-/m1/s1. The molecule has 4 rings (SSSR count). The summed E-state index contributed by atoms with van der Waals surface area (Å²) in [6.07, 6.45) is 7.14. The van der Waals surface area contributed by atoms with Crippen LogP contribution in [0.15, 0.2) is 18.2 Å². The summed E-state index contributed by atoms with van der Waals surface area (Å²) in [4.78, 5) is 17.5. The fourth-order valence-electron chi connectivity index (χ4n) is 5.63. The number of likely N-dealkylation sites (N-methyl/N-ethyl adjacent to an activating group) is 1. The Morgan fingerprint density at radius 2 is 1.75 bits per heavy atom. The number of carbonyl (C=O) groups is 1. The largest absolute Gasteiger partial charge is 0.497 e. The number of rotatable bonds is 6. The summed E-state index contributed by atoms with van der Waals surface area (Å²) in [6.45, 7) is 3.26. The maximum Gasteiger partial charge on any atom is 0.254 e. The zero-order valence-corrected chi connectivity index (χ0v) is 19.7. The predicted molar refractivity (Wildman–Crippen MR) is 122 cm³/mol. The molecule has 7 nitrogen and oxygen atoms in total. The summed E-state index contributed by atoms with van der Waals surface area (Å²) in [6, 6.07) is 5.90. The van der Waals surface area contributed by atoms with Crippen molar-refractivity contribution in [2.75, 3.05) is 47.5 Å². The van der Waals surface area contributed by atoms with E-state index in [1.165, 1.54) is 0 Å². The zero-order chi connectivity index (χ0) is 22.7. The highest BCUT2D eigenvalue weighted by molar-refractivity contribution is 5.95. The Morgan fingerprint density at radius 3 is 2.34 bits per heavy atom. The van der Waals surface area contributed by atoms with E-state index in [4.69, 9.17) is 14.2 Å². The van der Waals surface area contributed by atoms with E-state index in [1.54, 1.807) is 32.4 Å². The van der Waals surface area contributed by atoms with Gasteiger partial charge in [0.25, 0.3) is 5.91 Å². The summed E-state index contributed by atoms with van der Waals surface area (Å²) in [5.41, 5.74) is 0.800. The summed E-state index contributed by atoms with van der Waals surface area (Å²) in [7, 11) is 5.39. The number of aliphatic hydroxyl groups excluding tert-OH is 1. The van der Waals surface area contributed by atoms with Gasteiger partial charge in [0.1, 0.15) is 11.5 Å². The highest BCUT2D eigenvalue weighted by atomic mass is 16.5. The third-order valence-electron chi connectivity index (χ3n) is 7.78. The minimum Gasteiger partial charge on any atom is -0.497 e. The van der Waals surface area contributed by atoms with Gasteiger partial charge in [0, 0.05) is 37.3 Å². The molecule has 3 fully saturated rings. The van der Waals surface area contributed by atoms with Crippen molar-refractivity contribution < 1.29 is 24.1 Å². The van der Waals surface area contributed by atoms with E-state index >= 15 is 0 Å². The average Bonchev–Trinajstić information content (AvgIpc) is 3.20. The molecule has 1 saturated carbocycles. The molecular weight excluding hydrogens is 408 g/mol. The second-order valence-electron chi connectivity index (χ2n) is 9.93. The Hall–Kier alpha value is -1.83. The molecule has 7 heteroatoms. The van der Waals surface area contributed by atoms with Crippen molar-refractivity contribution in [2.24, 2.45) is 5.41 Å². The Balaban J connectivity index is 1.29. The maximum absolute atomic E-state index is 13.1. The number of likely N-dealkylation sites (tertiary alicyclic amines) is 1. The van der Waals surface area contributed by atoms with E-state index in [0.717, 1.165) is 71.2 Å². The molecule has 32 heavy (non-hydrogen) atoms. The first-order valence-electron chi connectivity index (χ1n) is 11.9. The van der Waals surface area contributed by atoms with E-state index in [0.29, 0.717) is 23.1 Å². The van der Waals surface area contributed by atoms with Crippen molar-refractivity contribution in [3.05, 3.63) is 23.8 Å². The van der Waals surface area contributed by atoms with Gasteiger partial charge in [-0.25, -0.2) is 0 Å². The van der Waals surface area contributed by atoms with Crippen molar-refractivity contribution in [3.8, 4) is 11.5 Å². The summed E-state index contributed by atoms with van der Waals surface area (Å²) in [5, 5.41) is 9.76. The van der Waals surface area contributed by atoms with Crippen LogP contribution in [0.2, 0.25) is 0 Å². The third-order valence-corrected chi connectivity index (χ3v) is 7.78. The van der Waals surface area contributed by atoms with Crippen LogP contribution in [0.25, 0.3) is 0 Å². The minimum absolute atomic E-state index is 0.0340. The van der Waals surface area contributed by atoms with Gasteiger partial charge >= 0.3 is 0 Å². The normalized spacial score (nSPS) is 27.7. The summed E-state index contributed by atoms with van der Waals surface area (Å²) >= 11 is 0. The molecule has 178 valence electrons. The molecule has 0 unspecified atom stereocenters. The molecule has 2 saturated heterocycles. The van der Waals surface area contributed by atoms with Crippen LogP contribution in [-0.4, -0.2) is 86.6 Å². The second-order valence-corrected chi connectivity index (χ2v) is 9.93. The quantitative estimate of drug-likeness (QED) is 0.725. The lowest BCUT2D eigenvalue weighted by molar-refractivity contribution is 0.0336. The molecule has 1 atom stereocenters. The van der Waals surface area contributed by atoms with E-state index < -0.39 is 0 Å². The molecule has 1 amide bonds. The second kappa shape index (κ2) is 9.98. The fourth-order valence-corrected chi connectivity index (χ4v) is 5.63. The number of benzene rings is 1. The van der Waals surface area contributed by atoms with Crippen LogP contribution in [0.4, 0.5) is 0 Å². The number of hydrogen-bond acceptors (Lipinski definition) is 6. The zero-order valence-electron chi connectivity index (χ0n) is 19.7. The van der Waals surface area contributed by atoms with E-state index in [2.05, 4.69) is 11.9 Å². The number of piperidine rings is 1. The van der Waals surface area contributed by atoms with Gasteiger partial charge in [0.05, 0.1) is 33.0 Å². The number of nitrogens with zero attached hydrogens (tertiary/aromatic N) is 2. The lowest BCUT2D eigenvalue weighted by Gasteiger charge is -2.39. The Bertz CT molecular complexity index is 762. The van der Waals surface area contributed by atoms with Crippen LogP contribution in [-0.2, 0) is 4.74 Å². The maximum atomic E-state index is 13.1. The van der Waals surface area contributed by atoms with E-state index in [9.17, 15) is 9.90 Å². The van der Waals surface area contributed by atoms with Crippen molar-refractivity contribution in [3.63, 3.8) is 0 Å². The highest BCUT2D eigenvalue weighted by Gasteiger charge is 2.43.